The molecule has 248 valence electrons. The first kappa shape index (κ1) is 34.6. The Bertz CT molecular complexity index is 1410. The van der Waals surface area contributed by atoms with Crippen LogP contribution in [-0.2, 0) is 20.8 Å². The summed E-state index contributed by atoms with van der Waals surface area (Å²) >= 11 is 0. The number of para-hydroxylation sites is 2. The largest absolute Gasteiger partial charge is 0.493 e. The number of rotatable bonds is 15. The van der Waals surface area contributed by atoms with Crippen LogP contribution in [0.4, 0.5) is 16.2 Å². The lowest BCUT2D eigenvalue weighted by Gasteiger charge is -2.28. The number of benzene rings is 3. The van der Waals surface area contributed by atoms with Gasteiger partial charge in [0.1, 0.15) is 6.10 Å². The van der Waals surface area contributed by atoms with Crippen molar-refractivity contribution in [1.82, 2.24) is 9.80 Å². The van der Waals surface area contributed by atoms with Gasteiger partial charge in [0.15, 0.2) is 11.5 Å². The Morgan fingerprint density at radius 1 is 0.957 bits per heavy atom. The van der Waals surface area contributed by atoms with Crippen LogP contribution < -0.4 is 20.5 Å². The van der Waals surface area contributed by atoms with Gasteiger partial charge >= 0.3 is 6.09 Å². The summed E-state index contributed by atoms with van der Waals surface area (Å²) in [6, 6.07) is 19.7. The Labute approximate surface area is 271 Å². The molecule has 4 rings (SSSR count). The van der Waals surface area contributed by atoms with E-state index in [2.05, 4.69) is 10.2 Å². The number of amides is 2. The molecule has 1 fully saturated rings. The van der Waals surface area contributed by atoms with Crippen LogP contribution in [0.1, 0.15) is 41.4 Å². The number of carbonyl (C=O) groups is 2. The summed E-state index contributed by atoms with van der Waals surface area (Å²) in [5.74, 6) is 0.878. The zero-order chi connectivity index (χ0) is 32.9. The fourth-order valence-electron chi connectivity index (χ4n) is 5.13. The number of nitrogens with two attached hydrogens (primary N) is 1. The standard InChI is InChI=1S/C35H46N4O7/c1-25(2)33(27-10-12-28(13-11-27)34(40)37-30-8-6-5-7-29(30)36)46-35(41)39(18-22-45-21-17-38-15-19-44-20-16-38)24-26-9-14-31(42-3)32(23-26)43-4/h5-14,23,25,33H,15-22,24,36H2,1-4H3,(H,37,40)/t33-/m0/s1. The van der Waals surface area contributed by atoms with E-state index in [9.17, 15) is 9.59 Å². The van der Waals surface area contributed by atoms with Crippen LogP contribution in [0.2, 0.25) is 0 Å². The molecule has 0 unspecified atom stereocenters. The van der Waals surface area contributed by atoms with Gasteiger partial charge in [0.2, 0.25) is 0 Å². The molecule has 1 aliphatic heterocycles. The molecule has 0 spiro atoms. The van der Waals surface area contributed by atoms with E-state index >= 15 is 0 Å². The average molecular weight is 635 g/mol. The molecule has 2 amide bonds. The Hall–Kier alpha value is -4.32. The number of hydrogen-bond acceptors (Lipinski definition) is 9. The second-order valence-corrected chi connectivity index (χ2v) is 11.4. The van der Waals surface area contributed by atoms with Crippen LogP contribution in [0.3, 0.4) is 0 Å². The third kappa shape index (κ3) is 9.84. The first-order valence-electron chi connectivity index (χ1n) is 15.6. The number of nitrogens with zero attached hydrogens (tertiary/aromatic N) is 2. The van der Waals surface area contributed by atoms with Gasteiger partial charge in [-0.25, -0.2) is 4.79 Å². The molecule has 3 aromatic carbocycles. The summed E-state index contributed by atoms with van der Waals surface area (Å²) < 4.78 is 28.3. The van der Waals surface area contributed by atoms with E-state index in [1.165, 1.54) is 0 Å². The van der Waals surface area contributed by atoms with Crippen molar-refractivity contribution >= 4 is 23.4 Å². The normalized spacial score (nSPS) is 14.0. The van der Waals surface area contributed by atoms with Crippen LogP contribution >= 0.6 is 0 Å². The van der Waals surface area contributed by atoms with E-state index in [0.717, 1.165) is 44.0 Å². The summed E-state index contributed by atoms with van der Waals surface area (Å²) in [4.78, 5) is 30.5. The fourth-order valence-corrected chi connectivity index (χ4v) is 5.13. The molecule has 0 aromatic heterocycles. The number of nitrogen functional groups attached to an aromatic ring is 1. The van der Waals surface area contributed by atoms with Crippen molar-refractivity contribution in [3.8, 4) is 11.5 Å². The van der Waals surface area contributed by atoms with E-state index in [1.807, 2.05) is 56.3 Å². The van der Waals surface area contributed by atoms with Crippen molar-refractivity contribution in [1.29, 1.82) is 0 Å². The van der Waals surface area contributed by atoms with Crippen molar-refractivity contribution < 1.29 is 33.3 Å². The lowest BCUT2D eigenvalue weighted by atomic mass is 9.98. The maximum absolute atomic E-state index is 13.7. The summed E-state index contributed by atoms with van der Waals surface area (Å²) in [6.07, 6.45) is -1.00. The van der Waals surface area contributed by atoms with Crippen molar-refractivity contribution in [3.63, 3.8) is 0 Å². The molecule has 11 nitrogen and oxygen atoms in total. The van der Waals surface area contributed by atoms with Crippen molar-refractivity contribution in [2.24, 2.45) is 5.92 Å². The van der Waals surface area contributed by atoms with Crippen molar-refractivity contribution in [2.45, 2.75) is 26.5 Å². The van der Waals surface area contributed by atoms with Gasteiger partial charge in [0.05, 0.1) is 52.0 Å². The van der Waals surface area contributed by atoms with Gasteiger partial charge in [-0.1, -0.05) is 44.2 Å². The number of anilines is 2. The molecule has 1 heterocycles. The van der Waals surface area contributed by atoms with Crippen LogP contribution in [0.25, 0.3) is 0 Å². The van der Waals surface area contributed by atoms with E-state index in [0.29, 0.717) is 54.7 Å². The minimum Gasteiger partial charge on any atom is -0.493 e. The quantitative estimate of drug-likeness (QED) is 0.171. The maximum Gasteiger partial charge on any atom is 0.410 e. The molecule has 0 bridgehead atoms. The highest BCUT2D eigenvalue weighted by molar-refractivity contribution is 6.05. The molecule has 11 heteroatoms. The zero-order valence-corrected chi connectivity index (χ0v) is 27.2. The predicted octanol–water partition coefficient (Wildman–Crippen LogP) is 5.22. The predicted molar refractivity (Wildman–Crippen MR) is 177 cm³/mol. The number of hydrogen-bond donors (Lipinski definition) is 2. The van der Waals surface area contributed by atoms with Crippen LogP contribution in [0.15, 0.2) is 66.7 Å². The smallest absolute Gasteiger partial charge is 0.410 e. The van der Waals surface area contributed by atoms with Crippen molar-refractivity contribution in [2.75, 3.05) is 77.9 Å². The number of ether oxygens (including phenoxy) is 5. The van der Waals surface area contributed by atoms with Gasteiger partial charge in [0.25, 0.3) is 5.91 Å². The number of methoxy groups -OCH3 is 2. The number of carbonyl (C=O) groups excluding carboxylic acids is 2. The molecule has 0 saturated carbocycles. The van der Waals surface area contributed by atoms with Crippen LogP contribution in [0, 0.1) is 5.92 Å². The molecule has 3 aromatic rings. The summed E-state index contributed by atoms with van der Waals surface area (Å²) in [7, 11) is 3.16. The summed E-state index contributed by atoms with van der Waals surface area (Å²) in [5, 5.41) is 2.84. The third-order valence-corrected chi connectivity index (χ3v) is 7.78. The molecule has 0 aliphatic carbocycles. The van der Waals surface area contributed by atoms with Gasteiger partial charge in [-0.15, -0.1) is 0 Å². The van der Waals surface area contributed by atoms with E-state index < -0.39 is 12.2 Å². The Morgan fingerprint density at radius 2 is 1.67 bits per heavy atom. The van der Waals surface area contributed by atoms with E-state index in [1.54, 1.807) is 43.4 Å². The highest BCUT2D eigenvalue weighted by Gasteiger charge is 2.25. The molecular formula is C35H46N4O7. The zero-order valence-electron chi connectivity index (χ0n) is 27.2. The van der Waals surface area contributed by atoms with Crippen molar-refractivity contribution in [3.05, 3.63) is 83.4 Å². The van der Waals surface area contributed by atoms with E-state index in [-0.39, 0.29) is 11.8 Å². The van der Waals surface area contributed by atoms with Gasteiger partial charge in [0, 0.05) is 38.3 Å². The van der Waals surface area contributed by atoms with Gasteiger partial charge in [-0.05, 0) is 53.4 Å². The molecular weight excluding hydrogens is 588 g/mol. The summed E-state index contributed by atoms with van der Waals surface area (Å²) in [6.45, 7) is 9.60. The van der Waals surface area contributed by atoms with Gasteiger partial charge < -0.3 is 39.6 Å². The van der Waals surface area contributed by atoms with Gasteiger partial charge in [-0.2, -0.15) is 0 Å². The first-order chi connectivity index (χ1) is 22.3. The molecule has 1 saturated heterocycles. The van der Waals surface area contributed by atoms with E-state index in [4.69, 9.17) is 29.4 Å². The second-order valence-electron chi connectivity index (χ2n) is 11.4. The molecule has 1 aliphatic rings. The minimum absolute atomic E-state index is 0.0274. The number of morpholine rings is 1. The lowest BCUT2D eigenvalue weighted by molar-refractivity contribution is 0.0120. The average Bonchev–Trinajstić information content (AvgIpc) is 3.07. The minimum atomic E-state index is -0.537. The Balaban J connectivity index is 1.43. The maximum atomic E-state index is 13.7. The highest BCUT2D eigenvalue weighted by atomic mass is 16.6. The second kappa shape index (κ2) is 17.4. The van der Waals surface area contributed by atoms with Gasteiger partial charge in [-0.3, -0.25) is 9.69 Å². The summed E-state index contributed by atoms with van der Waals surface area (Å²) in [5.41, 5.74) is 9.11. The topological polar surface area (TPSA) is 125 Å². The SMILES string of the molecule is COc1ccc(CN(CCOCCN2CCOCC2)C(=O)O[C@H](c2ccc(C(=O)Nc3ccccc3N)cc2)C(C)C)cc1OC. The fraction of sp³-hybridized carbons (Fsp3) is 0.429. The molecule has 46 heavy (non-hydrogen) atoms. The molecule has 1 atom stereocenters. The third-order valence-electron chi connectivity index (χ3n) is 7.78. The molecule has 0 radical (unpaired) electrons. The first-order valence-corrected chi connectivity index (χ1v) is 15.6. The highest BCUT2D eigenvalue weighted by Crippen LogP contribution is 2.30. The Kier molecular flexibility index (Phi) is 13.1. The molecule has 3 N–H and O–H groups in total. The Morgan fingerprint density at radius 3 is 2.35 bits per heavy atom. The monoisotopic (exact) mass is 634 g/mol. The lowest BCUT2D eigenvalue weighted by Crippen LogP contribution is -2.39. The van der Waals surface area contributed by atoms with Crippen LogP contribution in [-0.4, -0.2) is 88.6 Å². The van der Waals surface area contributed by atoms with Crippen LogP contribution in [0.5, 0.6) is 11.5 Å². The number of nitrogens with one attached hydrogen (secondary N) is 1.